The van der Waals surface area contributed by atoms with E-state index in [-0.39, 0.29) is 5.91 Å². The van der Waals surface area contributed by atoms with E-state index >= 15 is 0 Å². The molecule has 0 aromatic heterocycles. The topological polar surface area (TPSA) is 55.1 Å². The molecule has 1 heterocycles. The molecule has 0 atom stereocenters. The van der Waals surface area contributed by atoms with Gasteiger partial charge in [0.25, 0.3) is 0 Å². The van der Waals surface area contributed by atoms with E-state index in [1.807, 2.05) is 23.9 Å². The highest BCUT2D eigenvalue weighted by Crippen LogP contribution is 2.26. The number of carbonyl (C=O) groups excluding carboxylic acids is 1. The lowest BCUT2D eigenvalue weighted by molar-refractivity contribution is -0.117. The van der Waals surface area contributed by atoms with E-state index in [1.165, 1.54) is 11.5 Å². The highest BCUT2D eigenvalue weighted by molar-refractivity contribution is 9.10. The number of benzene rings is 1. The van der Waals surface area contributed by atoms with E-state index in [9.17, 15) is 4.79 Å². The van der Waals surface area contributed by atoms with Crippen LogP contribution in [-0.4, -0.2) is 17.4 Å². The van der Waals surface area contributed by atoms with E-state index < -0.39 is 0 Å². The Morgan fingerprint density at radius 2 is 2.17 bits per heavy atom. The van der Waals surface area contributed by atoms with Gasteiger partial charge in [-0.25, -0.2) is 0 Å². The number of amides is 1. The molecule has 0 saturated carbocycles. The first kappa shape index (κ1) is 13.7. The summed E-state index contributed by atoms with van der Waals surface area (Å²) in [5.41, 5.74) is 7.19. The molecule has 98 valence electrons. The predicted molar refractivity (Wildman–Crippen MR) is 81.9 cm³/mol. The quantitative estimate of drug-likeness (QED) is 0.835. The minimum absolute atomic E-state index is 0.0913. The normalized spacial score (nSPS) is 16.5. The van der Waals surface area contributed by atoms with Crippen LogP contribution in [0.2, 0.25) is 0 Å². The second-order valence-corrected chi connectivity index (χ2v) is 6.62. The molecule has 18 heavy (non-hydrogen) atoms. The largest absolute Gasteiger partial charge is 0.398 e. The molecule has 1 aromatic carbocycles. The van der Waals surface area contributed by atoms with Gasteiger partial charge in [0.05, 0.1) is 0 Å². The van der Waals surface area contributed by atoms with Crippen LogP contribution in [0.25, 0.3) is 0 Å². The summed E-state index contributed by atoms with van der Waals surface area (Å²) in [5, 5.41) is 2.91. The number of hydrogen-bond donors (Lipinski definition) is 2. The number of thioether (sulfide) groups is 1. The average molecular weight is 329 g/mol. The Morgan fingerprint density at radius 3 is 2.83 bits per heavy atom. The van der Waals surface area contributed by atoms with Crippen molar-refractivity contribution in [1.82, 2.24) is 0 Å². The lowest BCUT2D eigenvalue weighted by Gasteiger charge is -2.20. The fourth-order valence-electron chi connectivity index (χ4n) is 2.05. The molecule has 1 aliphatic heterocycles. The number of anilines is 2. The highest BCUT2D eigenvalue weighted by atomic mass is 79.9. The maximum absolute atomic E-state index is 11.9. The summed E-state index contributed by atoms with van der Waals surface area (Å²) in [6.45, 7) is 0. The third kappa shape index (κ3) is 3.92. The van der Waals surface area contributed by atoms with Gasteiger partial charge < -0.3 is 11.1 Å². The number of rotatable bonds is 3. The van der Waals surface area contributed by atoms with Gasteiger partial charge >= 0.3 is 0 Å². The van der Waals surface area contributed by atoms with Crippen LogP contribution >= 0.6 is 27.7 Å². The SMILES string of the molecule is Nc1cc(NC(=O)CC2CCSCC2)ccc1Br. The molecule has 1 aliphatic rings. The van der Waals surface area contributed by atoms with E-state index in [0.29, 0.717) is 18.0 Å². The number of nitrogen functional groups attached to an aromatic ring is 1. The summed E-state index contributed by atoms with van der Waals surface area (Å²) in [5.74, 6) is 3.00. The molecule has 0 spiro atoms. The van der Waals surface area contributed by atoms with Crippen LogP contribution in [0.3, 0.4) is 0 Å². The van der Waals surface area contributed by atoms with Gasteiger partial charge in [-0.3, -0.25) is 4.79 Å². The molecule has 5 heteroatoms. The Balaban J connectivity index is 1.88. The summed E-state index contributed by atoms with van der Waals surface area (Å²) in [7, 11) is 0. The van der Waals surface area contributed by atoms with Gasteiger partial charge in [-0.05, 0) is 64.4 Å². The number of nitrogens with two attached hydrogens (primary N) is 1. The van der Waals surface area contributed by atoms with Crippen LogP contribution in [0.4, 0.5) is 11.4 Å². The minimum Gasteiger partial charge on any atom is -0.398 e. The fourth-order valence-corrected chi connectivity index (χ4v) is 3.50. The maximum Gasteiger partial charge on any atom is 0.224 e. The molecule has 1 aromatic rings. The number of carbonyl (C=O) groups is 1. The van der Waals surface area contributed by atoms with Gasteiger partial charge in [0, 0.05) is 22.3 Å². The highest BCUT2D eigenvalue weighted by Gasteiger charge is 2.17. The summed E-state index contributed by atoms with van der Waals surface area (Å²) < 4.78 is 0.852. The number of halogens is 1. The van der Waals surface area contributed by atoms with Crippen molar-refractivity contribution >= 4 is 45.0 Å². The monoisotopic (exact) mass is 328 g/mol. The van der Waals surface area contributed by atoms with E-state index in [1.54, 1.807) is 6.07 Å². The van der Waals surface area contributed by atoms with Crippen molar-refractivity contribution < 1.29 is 4.79 Å². The average Bonchev–Trinajstić information content (AvgIpc) is 2.35. The lowest BCUT2D eigenvalue weighted by Crippen LogP contribution is -2.19. The Bertz CT molecular complexity index is 433. The van der Waals surface area contributed by atoms with Crippen molar-refractivity contribution in [3.8, 4) is 0 Å². The van der Waals surface area contributed by atoms with E-state index in [4.69, 9.17) is 5.73 Å². The van der Waals surface area contributed by atoms with Crippen molar-refractivity contribution in [2.75, 3.05) is 22.6 Å². The van der Waals surface area contributed by atoms with Gasteiger partial charge in [-0.1, -0.05) is 0 Å². The molecule has 1 fully saturated rings. The molecular formula is C13H17BrN2OS. The minimum atomic E-state index is 0.0913. The molecule has 3 nitrogen and oxygen atoms in total. The summed E-state index contributed by atoms with van der Waals surface area (Å²) >= 11 is 5.32. The molecule has 3 N–H and O–H groups in total. The molecule has 0 unspecified atom stereocenters. The number of hydrogen-bond acceptors (Lipinski definition) is 3. The molecule has 0 bridgehead atoms. The van der Waals surface area contributed by atoms with Crippen LogP contribution in [0, 0.1) is 5.92 Å². The van der Waals surface area contributed by atoms with Gasteiger partial charge in [0.15, 0.2) is 0 Å². The second-order valence-electron chi connectivity index (χ2n) is 4.54. The van der Waals surface area contributed by atoms with E-state index in [2.05, 4.69) is 21.2 Å². The smallest absolute Gasteiger partial charge is 0.224 e. The third-order valence-corrected chi connectivity index (χ3v) is 4.87. The van der Waals surface area contributed by atoms with Crippen molar-refractivity contribution in [2.45, 2.75) is 19.3 Å². The molecule has 1 saturated heterocycles. The Kier molecular flexibility index (Phi) is 4.95. The Hall–Kier alpha value is -0.680. The van der Waals surface area contributed by atoms with Crippen LogP contribution in [0.5, 0.6) is 0 Å². The summed E-state index contributed by atoms with van der Waals surface area (Å²) in [6.07, 6.45) is 2.93. The standard InChI is InChI=1S/C13H17BrN2OS/c14-11-2-1-10(8-12(11)15)16-13(17)7-9-3-5-18-6-4-9/h1-2,8-9H,3-7,15H2,(H,16,17). The maximum atomic E-state index is 11.9. The Labute approximate surface area is 120 Å². The number of nitrogens with one attached hydrogen (secondary N) is 1. The fraction of sp³-hybridized carbons (Fsp3) is 0.462. The predicted octanol–water partition coefficient (Wildman–Crippen LogP) is 3.50. The molecule has 2 rings (SSSR count). The van der Waals surface area contributed by atoms with Gasteiger partial charge in [-0.2, -0.15) is 11.8 Å². The molecular weight excluding hydrogens is 312 g/mol. The van der Waals surface area contributed by atoms with Gasteiger partial charge in [-0.15, -0.1) is 0 Å². The molecule has 0 radical (unpaired) electrons. The van der Waals surface area contributed by atoms with Crippen LogP contribution in [0.15, 0.2) is 22.7 Å². The summed E-state index contributed by atoms with van der Waals surface area (Å²) in [6, 6.07) is 5.48. The van der Waals surface area contributed by atoms with Crippen LogP contribution in [0.1, 0.15) is 19.3 Å². The molecule has 0 aliphatic carbocycles. The van der Waals surface area contributed by atoms with Crippen molar-refractivity contribution in [2.24, 2.45) is 5.92 Å². The van der Waals surface area contributed by atoms with Gasteiger partial charge in [0.1, 0.15) is 0 Å². The molecule has 1 amide bonds. The zero-order valence-electron chi connectivity index (χ0n) is 10.1. The second kappa shape index (κ2) is 6.48. The lowest BCUT2D eigenvalue weighted by atomic mass is 9.98. The van der Waals surface area contributed by atoms with E-state index in [0.717, 1.165) is 23.0 Å². The van der Waals surface area contributed by atoms with Crippen molar-refractivity contribution in [3.05, 3.63) is 22.7 Å². The first-order valence-corrected chi connectivity index (χ1v) is 8.02. The first-order valence-electron chi connectivity index (χ1n) is 6.08. The zero-order valence-corrected chi connectivity index (χ0v) is 12.5. The zero-order chi connectivity index (χ0) is 13.0. The first-order chi connectivity index (χ1) is 8.65. The van der Waals surface area contributed by atoms with Crippen molar-refractivity contribution in [3.63, 3.8) is 0 Å². The van der Waals surface area contributed by atoms with Crippen molar-refractivity contribution in [1.29, 1.82) is 0 Å². The third-order valence-electron chi connectivity index (χ3n) is 3.09. The summed E-state index contributed by atoms with van der Waals surface area (Å²) in [4.78, 5) is 11.9. The van der Waals surface area contributed by atoms with Crippen LogP contribution in [-0.2, 0) is 4.79 Å². The van der Waals surface area contributed by atoms with Gasteiger partial charge in [0.2, 0.25) is 5.91 Å². The Morgan fingerprint density at radius 1 is 1.44 bits per heavy atom. The van der Waals surface area contributed by atoms with Crippen LogP contribution < -0.4 is 11.1 Å².